The number of H-pyrrole nitrogens is 1. The number of amides is 1. The second-order valence-electron chi connectivity index (χ2n) is 3.86. The average molecular weight is 314 g/mol. The lowest BCUT2D eigenvalue weighted by Crippen LogP contribution is -2.42. The van der Waals surface area contributed by atoms with E-state index in [1.165, 1.54) is 12.4 Å². The molecule has 20 heavy (non-hydrogen) atoms. The maximum atomic E-state index is 12.4. The Morgan fingerprint density at radius 2 is 2.10 bits per heavy atom. The van der Waals surface area contributed by atoms with E-state index in [0.717, 1.165) is 5.06 Å². The number of benzene rings is 1. The fourth-order valence-corrected chi connectivity index (χ4v) is 2.13. The summed E-state index contributed by atoms with van der Waals surface area (Å²) in [6.07, 6.45) is 2.99. The summed E-state index contributed by atoms with van der Waals surface area (Å²) in [6, 6.07) is 8.79. The monoisotopic (exact) mass is 313 g/mol. The molecular formula is C13H13Cl2N3O2. The lowest BCUT2D eigenvalue weighted by molar-refractivity contribution is -0.140. The zero-order valence-corrected chi connectivity index (χ0v) is 12.2. The first kappa shape index (κ1) is 14.8. The van der Waals surface area contributed by atoms with Crippen LogP contribution >= 0.6 is 23.2 Å². The molecule has 106 valence electrons. The van der Waals surface area contributed by atoms with Crippen LogP contribution < -0.4 is 0 Å². The molecule has 0 aliphatic rings. The number of aromatic amines is 1. The molecule has 7 heteroatoms. The highest BCUT2D eigenvalue weighted by Gasteiger charge is 2.40. The molecule has 2 rings (SSSR count). The van der Waals surface area contributed by atoms with Crippen LogP contribution in [0.5, 0.6) is 0 Å². The van der Waals surface area contributed by atoms with Crippen molar-refractivity contribution in [2.45, 2.75) is 11.4 Å². The molecule has 0 bridgehead atoms. The maximum absolute atomic E-state index is 12.4. The summed E-state index contributed by atoms with van der Waals surface area (Å²) >= 11 is 12.6. The standard InChI is InChI=1S/C13H13Cl2N3O2/c1-2-20-18(12(19)11-16-8-9-17-11)13(14,15)10-6-4-3-5-7-10/h3-9H,2H2,1H3,(H,16,17). The lowest BCUT2D eigenvalue weighted by Gasteiger charge is -2.32. The number of aromatic nitrogens is 2. The van der Waals surface area contributed by atoms with Crippen LogP contribution in [-0.2, 0) is 9.29 Å². The van der Waals surface area contributed by atoms with Gasteiger partial charge in [-0.2, -0.15) is 5.06 Å². The van der Waals surface area contributed by atoms with E-state index in [2.05, 4.69) is 9.97 Å². The summed E-state index contributed by atoms with van der Waals surface area (Å²) in [7, 11) is 0. The van der Waals surface area contributed by atoms with E-state index < -0.39 is 10.4 Å². The quantitative estimate of drug-likeness (QED) is 0.524. The minimum atomic E-state index is -1.65. The Bertz CT molecular complexity index is 558. The third kappa shape index (κ3) is 2.95. The van der Waals surface area contributed by atoms with Gasteiger partial charge in [-0.3, -0.25) is 9.63 Å². The first-order valence-corrected chi connectivity index (χ1v) is 6.73. The molecule has 0 atom stereocenters. The molecule has 5 nitrogen and oxygen atoms in total. The number of nitrogens with one attached hydrogen (secondary N) is 1. The molecule has 0 fully saturated rings. The molecule has 1 N–H and O–H groups in total. The Balaban J connectivity index is 2.35. The molecule has 0 radical (unpaired) electrons. The SMILES string of the molecule is CCON(C(=O)c1ncc[nH]1)C(Cl)(Cl)c1ccccc1. The molecule has 0 saturated heterocycles. The van der Waals surface area contributed by atoms with Crippen LogP contribution in [0, 0.1) is 0 Å². The molecule has 0 spiro atoms. The van der Waals surface area contributed by atoms with Crippen molar-refractivity contribution in [1.29, 1.82) is 0 Å². The van der Waals surface area contributed by atoms with Crippen molar-refractivity contribution in [1.82, 2.24) is 15.0 Å². The first-order valence-electron chi connectivity index (χ1n) is 5.97. The van der Waals surface area contributed by atoms with Crippen LogP contribution in [0.25, 0.3) is 0 Å². The normalized spacial score (nSPS) is 11.3. The van der Waals surface area contributed by atoms with Crippen LogP contribution in [0.4, 0.5) is 0 Å². The highest BCUT2D eigenvalue weighted by molar-refractivity contribution is 6.48. The third-order valence-corrected chi connectivity index (χ3v) is 3.26. The van der Waals surface area contributed by atoms with Gasteiger partial charge in [-0.15, -0.1) is 0 Å². The number of imidazole rings is 1. The molecule has 0 unspecified atom stereocenters. The highest BCUT2D eigenvalue weighted by Crippen LogP contribution is 2.38. The van der Waals surface area contributed by atoms with Crippen LogP contribution in [-0.4, -0.2) is 27.5 Å². The van der Waals surface area contributed by atoms with Gasteiger partial charge in [0.05, 0.1) is 6.61 Å². The Labute approximate surface area is 126 Å². The minimum absolute atomic E-state index is 0.0973. The number of nitrogens with zero attached hydrogens (tertiary/aromatic N) is 2. The van der Waals surface area contributed by atoms with Crippen LogP contribution in [0.1, 0.15) is 23.1 Å². The molecule has 0 aliphatic heterocycles. The summed E-state index contributed by atoms with van der Waals surface area (Å²) in [5.41, 5.74) is 0.525. The van der Waals surface area contributed by atoms with Crippen molar-refractivity contribution in [3.63, 3.8) is 0 Å². The molecule has 1 aromatic heterocycles. The Kier molecular flexibility index (Phi) is 4.65. The van der Waals surface area contributed by atoms with E-state index in [-0.39, 0.29) is 12.4 Å². The molecule has 1 aromatic carbocycles. The van der Waals surface area contributed by atoms with Gasteiger partial charge in [0.1, 0.15) is 0 Å². The van der Waals surface area contributed by atoms with Gasteiger partial charge in [0, 0.05) is 18.0 Å². The van der Waals surface area contributed by atoms with Crippen molar-refractivity contribution >= 4 is 29.1 Å². The molecule has 2 aromatic rings. The number of carbonyl (C=O) groups excluding carboxylic acids is 1. The zero-order chi connectivity index (χ0) is 14.6. The summed E-state index contributed by atoms with van der Waals surface area (Å²) in [5.74, 6) is -0.453. The van der Waals surface area contributed by atoms with Gasteiger partial charge in [0.25, 0.3) is 0 Å². The average Bonchev–Trinajstić information content (AvgIpc) is 2.99. The van der Waals surface area contributed by atoms with E-state index in [9.17, 15) is 4.79 Å². The number of alkyl halides is 2. The summed E-state index contributed by atoms with van der Waals surface area (Å²) in [4.78, 5) is 24.2. The third-order valence-electron chi connectivity index (χ3n) is 2.52. The number of carbonyl (C=O) groups is 1. The Morgan fingerprint density at radius 3 is 2.65 bits per heavy atom. The van der Waals surface area contributed by atoms with Crippen molar-refractivity contribution in [3.05, 3.63) is 54.1 Å². The van der Waals surface area contributed by atoms with Crippen molar-refractivity contribution in [2.24, 2.45) is 0 Å². The van der Waals surface area contributed by atoms with Crippen molar-refractivity contribution in [3.8, 4) is 0 Å². The number of hydrogen-bond donors (Lipinski definition) is 1. The summed E-state index contributed by atoms with van der Waals surface area (Å²) in [6.45, 7) is 1.97. The van der Waals surface area contributed by atoms with E-state index in [4.69, 9.17) is 28.0 Å². The predicted molar refractivity (Wildman–Crippen MR) is 76.2 cm³/mol. The summed E-state index contributed by atoms with van der Waals surface area (Å²) < 4.78 is -1.65. The van der Waals surface area contributed by atoms with E-state index >= 15 is 0 Å². The first-order chi connectivity index (χ1) is 9.57. The summed E-state index contributed by atoms with van der Waals surface area (Å²) in [5, 5.41) is 0.907. The number of hydroxylamine groups is 2. The number of halogens is 2. The van der Waals surface area contributed by atoms with Crippen LogP contribution in [0.3, 0.4) is 0 Å². The Morgan fingerprint density at radius 1 is 1.40 bits per heavy atom. The highest BCUT2D eigenvalue weighted by atomic mass is 35.5. The molecule has 0 saturated carbocycles. The van der Waals surface area contributed by atoms with E-state index in [1.807, 2.05) is 6.07 Å². The largest absolute Gasteiger partial charge is 0.340 e. The van der Waals surface area contributed by atoms with E-state index in [1.54, 1.807) is 31.2 Å². The van der Waals surface area contributed by atoms with Gasteiger partial charge in [0.15, 0.2) is 5.82 Å². The molecular weight excluding hydrogens is 301 g/mol. The smallest absolute Gasteiger partial charge is 0.316 e. The molecule has 0 aliphatic carbocycles. The van der Waals surface area contributed by atoms with Gasteiger partial charge in [-0.25, -0.2) is 4.98 Å². The second-order valence-corrected chi connectivity index (χ2v) is 5.15. The minimum Gasteiger partial charge on any atom is -0.340 e. The maximum Gasteiger partial charge on any atom is 0.316 e. The number of rotatable bonds is 5. The predicted octanol–water partition coefficient (Wildman–Crippen LogP) is 3.09. The van der Waals surface area contributed by atoms with Gasteiger partial charge >= 0.3 is 5.91 Å². The van der Waals surface area contributed by atoms with Crippen molar-refractivity contribution < 1.29 is 9.63 Å². The fourth-order valence-electron chi connectivity index (χ4n) is 1.63. The second kappa shape index (κ2) is 6.26. The van der Waals surface area contributed by atoms with Gasteiger partial charge < -0.3 is 4.98 Å². The number of hydrogen-bond acceptors (Lipinski definition) is 3. The van der Waals surface area contributed by atoms with E-state index in [0.29, 0.717) is 5.56 Å². The van der Waals surface area contributed by atoms with Gasteiger partial charge in [-0.05, 0) is 6.92 Å². The molecule has 1 heterocycles. The van der Waals surface area contributed by atoms with Gasteiger partial charge in [-0.1, -0.05) is 53.5 Å². The topological polar surface area (TPSA) is 58.2 Å². The molecule has 1 amide bonds. The fraction of sp³-hybridized carbons (Fsp3) is 0.231. The Hall–Kier alpha value is -1.56. The zero-order valence-electron chi connectivity index (χ0n) is 10.7. The van der Waals surface area contributed by atoms with Gasteiger partial charge in [0.2, 0.25) is 4.46 Å². The lowest BCUT2D eigenvalue weighted by atomic mass is 10.2. The van der Waals surface area contributed by atoms with Crippen LogP contribution in [0.2, 0.25) is 0 Å². The van der Waals surface area contributed by atoms with Crippen LogP contribution in [0.15, 0.2) is 42.7 Å². The van der Waals surface area contributed by atoms with Crippen molar-refractivity contribution in [2.75, 3.05) is 6.61 Å².